The Morgan fingerprint density at radius 3 is 2.64 bits per heavy atom. The molecule has 2 N–H and O–H groups in total. The fourth-order valence-corrected chi connectivity index (χ4v) is 2.62. The highest BCUT2D eigenvalue weighted by molar-refractivity contribution is 5.92. The number of benzene rings is 1. The van der Waals surface area contributed by atoms with Gasteiger partial charge in [-0.15, -0.1) is 12.4 Å². The van der Waals surface area contributed by atoms with Gasteiger partial charge in [0.25, 0.3) is 0 Å². The van der Waals surface area contributed by atoms with E-state index >= 15 is 0 Å². The Balaban J connectivity index is 0.00000242. The first-order valence-electron chi connectivity index (χ1n) is 7.21. The molecule has 1 aromatic carbocycles. The zero-order chi connectivity index (χ0) is 15.2. The molecule has 1 aliphatic rings. The van der Waals surface area contributed by atoms with Crippen molar-refractivity contribution in [3.63, 3.8) is 0 Å². The van der Waals surface area contributed by atoms with Crippen LogP contribution in [0, 0.1) is 11.6 Å². The number of halogens is 3. The molecule has 0 spiro atoms. The van der Waals surface area contributed by atoms with E-state index in [4.69, 9.17) is 0 Å². The van der Waals surface area contributed by atoms with E-state index in [0.29, 0.717) is 6.04 Å². The molecule has 1 heterocycles. The summed E-state index contributed by atoms with van der Waals surface area (Å²) in [6, 6.07) is 3.35. The minimum atomic E-state index is -0.700. The minimum Gasteiger partial charge on any atom is -0.325 e. The van der Waals surface area contributed by atoms with E-state index in [2.05, 4.69) is 10.6 Å². The van der Waals surface area contributed by atoms with Gasteiger partial charge in [0, 0.05) is 17.8 Å². The molecule has 0 aromatic heterocycles. The lowest BCUT2D eigenvalue weighted by Gasteiger charge is -2.26. The lowest BCUT2D eigenvalue weighted by Crippen LogP contribution is -2.38. The molecule has 1 amide bonds. The van der Waals surface area contributed by atoms with Crippen molar-refractivity contribution in [2.75, 3.05) is 32.0 Å². The molecule has 1 saturated heterocycles. The van der Waals surface area contributed by atoms with E-state index in [9.17, 15) is 13.6 Å². The molecule has 1 fully saturated rings. The van der Waals surface area contributed by atoms with Crippen molar-refractivity contribution in [1.82, 2.24) is 10.2 Å². The largest absolute Gasteiger partial charge is 0.325 e. The van der Waals surface area contributed by atoms with Crippen molar-refractivity contribution in [3.8, 4) is 0 Å². The van der Waals surface area contributed by atoms with Crippen LogP contribution in [0.2, 0.25) is 0 Å². The average Bonchev–Trinajstić information content (AvgIpc) is 2.65. The maximum Gasteiger partial charge on any atom is 0.238 e. The number of likely N-dealkylation sites (N-methyl/N-ethyl adjacent to an activating group) is 1. The molecule has 1 atom stereocenters. The van der Waals surface area contributed by atoms with Crippen LogP contribution in [0.15, 0.2) is 18.2 Å². The van der Waals surface area contributed by atoms with Gasteiger partial charge in [0.1, 0.15) is 11.6 Å². The molecule has 1 aromatic rings. The number of nitrogens with zero attached hydrogens (tertiary/aromatic N) is 1. The maximum absolute atomic E-state index is 13.1. The maximum atomic E-state index is 13.1. The van der Waals surface area contributed by atoms with Gasteiger partial charge < -0.3 is 10.6 Å². The first kappa shape index (κ1) is 18.8. The second kappa shape index (κ2) is 9.02. The van der Waals surface area contributed by atoms with E-state index in [-0.39, 0.29) is 30.5 Å². The van der Waals surface area contributed by atoms with Crippen LogP contribution in [-0.4, -0.2) is 43.5 Å². The zero-order valence-corrected chi connectivity index (χ0v) is 13.4. The van der Waals surface area contributed by atoms with Gasteiger partial charge in [0.2, 0.25) is 5.91 Å². The summed E-state index contributed by atoms with van der Waals surface area (Å²) in [6.07, 6.45) is 3.13. The molecule has 0 saturated carbocycles. The smallest absolute Gasteiger partial charge is 0.238 e. The molecule has 22 heavy (non-hydrogen) atoms. The average molecular weight is 334 g/mol. The van der Waals surface area contributed by atoms with Crippen LogP contribution in [-0.2, 0) is 4.79 Å². The Kier molecular flexibility index (Phi) is 7.72. The molecule has 124 valence electrons. The Morgan fingerprint density at radius 1 is 1.27 bits per heavy atom. The highest BCUT2D eigenvalue weighted by Gasteiger charge is 2.19. The zero-order valence-electron chi connectivity index (χ0n) is 12.6. The van der Waals surface area contributed by atoms with Crippen LogP contribution in [0.4, 0.5) is 14.5 Å². The van der Waals surface area contributed by atoms with Crippen molar-refractivity contribution >= 4 is 24.0 Å². The first-order chi connectivity index (χ1) is 10.0. The Labute approximate surface area is 135 Å². The number of rotatable bonds is 4. The summed E-state index contributed by atoms with van der Waals surface area (Å²) in [5.41, 5.74) is 0.147. The Hall–Kier alpha value is -1.24. The van der Waals surface area contributed by atoms with Gasteiger partial charge in [0.05, 0.1) is 6.54 Å². The van der Waals surface area contributed by atoms with E-state index < -0.39 is 11.6 Å². The van der Waals surface area contributed by atoms with Gasteiger partial charge in [-0.2, -0.15) is 0 Å². The normalized spacial score (nSPS) is 18.5. The van der Waals surface area contributed by atoms with Gasteiger partial charge in [-0.1, -0.05) is 0 Å². The molecular weight excluding hydrogens is 312 g/mol. The Bertz CT molecular complexity index is 473. The fraction of sp³-hybridized carbons (Fsp3) is 0.533. The second-order valence-corrected chi connectivity index (χ2v) is 5.46. The van der Waals surface area contributed by atoms with Crippen LogP contribution in [0.1, 0.15) is 19.3 Å². The van der Waals surface area contributed by atoms with Crippen molar-refractivity contribution < 1.29 is 13.6 Å². The van der Waals surface area contributed by atoms with Gasteiger partial charge in [0.15, 0.2) is 0 Å². The van der Waals surface area contributed by atoms with E-state index in [0.717, 1.165) is 50.6 Å². The van der Waals surface area contributed by atoms with Gasteiger partial charge in [-0.25, -0.2) is 8.78 Å². The number of hydrogen-bond donors (Lipinski definition) is 2. The standard InChI is InChI=1S/C15H21F2N3O.ClH/c1-20(14-3-2-5-18-6-4-14)10-15(21)19-13-8-11(16)7-12(17)9-13;/h7-9,14,18H,2-6,10H2,1H3,(H,19,21);1H. The number of amides is 1. The quantitative estimate of drug-likeness (QED) is 0.889. The summed E-state index contributed by atoms with van der Waals surface area (Å²) in [5, 5.41) is 5.86. The van der Waals surface area contributed by atoms with Crippen LogP contribution in [0.25, 0.3) is 0 Å². The van der Waals surface area contributed by atoms with Crippen LogP contribution in [0.5, 0.6) is 0 Å². The van der Waals surface area contributed by atoms with E-state index in [1.807, 2.05) is 11.9 Å². The lowest BCUT2D eigenvalue weighted by molar-refractivity contribution is -0.117. The van der Waals surface area contributed by atoms with Crippen molar-refractivity contribution in [2.24, 2.45) is 0 Å². The second-order valence-electron chi connectivity index (χ2n) is 5.46. The third-order valence-corrected chi connectivity index (χ3v) is 3.71. The monoisotopic (exact) mass is 333 g/mol. The molecule has 2 rings (SSSR count). The summed E-state index contributed by atoms with van der Waals surface area (Å²) in [7, 11) is 1.90. The number of anilines is 1. The first-order valence-corrected chi connectivity index (χ1v) is 7.21. The minimum absolute atomic E-state index is 0. The summed E-state index contributed by atoms with van der Waals surface area (Å²) in [6.45, 7) is 2.17. The summed E-state index contributed by atoms with van der Waals surface area (Å²) >= 11 is 0. The topological polar surface area (TPSA) is 44.4 Å². The van der Waals surface area contributed by atoms with Crippen LogP contribution in [0.3, 0.4) is 0 Å². The van der Waals surface area contributed by atoms with E-state index in [1.54, 1.807) is 0 Å². The molecule has 4 nitrogen and oxygen atoms in total. The van der Waals surface area contributed by atoms with Crippen LogP contribution < -0.4 is 10.6 Å². The lowest BCUT2D eigenvalue weighted by atomic mass is 10.1. The molecule has 1 unspecified atom stereocenters. The summed E-state index contributed by atoms with van der Waals surface area (Å²) in [4.78, 5) is 14.0. The predicted octanol–water partition coefficient (Wildman–Crippen LogP) is 2.40. The highest BCUT2D eigenvalue weighted by Crippen LogP contribution is 2.14. The predicted molar refractivity (Wildman–Crippen MR) is 85.4 cm³/mol. The number of nitrogens with one attached hydrogen (secondary N) is 2. The van der Waals surface area contributed by atoms with Gasteiger partial charge >= 0.3 is 0 Å². The van der Waals surface area contributed by atoms with Crippen molar-refractivity contribution in [1.29, 1.82) is 0 Å². The molecule has 0 radical (unpaired) electrons. The molecule has 7 heteroatoms. The fourth-order valence-electron chi connectivity index (χ4n) is 2.62. The third kappa shape index (κ3) is 5.87. The number of carbonyl (C=O) groups excluding carboxylic acids is 1. The number of hydrogen-bond acceptors (Lipinski definition) is 3. The molecule has 0 aliphatic carbocycles. The van der Waals surface area contributed by atoms with E-state index in [1.165, 1.54) is 0 Å². The molecular formula is C15H22ClF2N3O. The summed E-state index contributed by atoms with van der Waals surface area (Å²) < 4.78 is 26.1. The molecule has 1 aliphatic heterocycles. The number of carbonyl (C=O) groups is 1. The molecule has 0 bridgehead atoms. The van der Waals surface area contributed by atoms with Crippen molar-refractivity contribution in [3.05, 3.63) is 29.8 Å². The van der Waals surface area contributed by atoms with Gasteiger partial charge in [-0.3, -0.25) is 9.69 Å². The third-order valence-electron chi connectivity index (χ3n) is 3.71. The highest BCUT2D eigenvalue weighted by atomic mass is 35.5. The van der Waals surface area contributed by atoms with Crippen molar-refractivity contribution in [2.45, 2.75) is 25.3 Å². The van der Waals surface area contributed by atoms with Crippen LogP contribution >= 0.6 is 12.4 Å². The summed E-state index contributed by atoms with van der Waals surface area (Å²) in [5.74, 6) is -1.67. The Morgan fingerprint density at radius 2 is 1.95 bits per heavy atom. The van der Waals surface area contributed by atoms with Gasteiger partial charge in [-0.05, 0) is 51.5 Å². The SMILES string of the molecule is CN(CC(=O)Nc1cc(F)cc(F)c1)C1CCCNCC1.Cl.